The number of pyridine rings is 1. The average molecular weight is 728 g/mol. The number of hydrogen-bond donors (Lipinski definition) is 0. The topological polar surface area (TPSA) is 38.7 Å². The summed E-state index contributed by atoms with van der Waals surface area (Å²) in [5, 5.41) is 3.67. The molecule has 2 atom stereocenters. The summed E-state index contributed by atoms with van der Waals surface area (Å²) in [7, 11) is 0. The monoisotopic (exact) mass is 727 g/mol. The van der Waals surface area contributed by atoms with Gasteiger partial charge < -0.3 is 0 Å². The smallest absolute Gasteiger partial charge is 0.160 e. The molecule has 3 nitrogen and oxygen atoms in total. The van der Waals surface area contributed by atoms with Gasteiger partial charge in [0.25, 0.3) is 0 Å². The number of rotatable bonds is 5. The van der Waals surface area contributed by atoms with Crippen molar-refractivity contribution in [2.24, 2.45) is 0 Å². The summed E-state index contributed by atoms with van der Waals surface area (Å²) < 4.78 is 0. The summed E-state index contributed by atoms with van der Waals surface area (Å²) in [6.07, 6.45) is 8.59. The predicted octanol–water partition coefficient (Wildman–Crippen LogP) is 13.3. The molecule has 7 aromatic carbocycles. The van der Waals surface area contributed by atoms with E-state index in [1.807, 2.05) is 18.3 Å². The molecule has 0 radical (unpaired) electrons. The Morgan fingerprint density at radius 1 is 0.579 bits per heavy atom. The van der Waals surface area contributed by atoms with Gasteiger partial charge in [-0.1, -0.05) is 146 Å². The minimum atomic E-state index is 0.0416. The molecule has 0 saturated heterocycles. The first-order valence-electron chi connectivity index (χ1n) is 19.8. The highest BCUT2D eigenvalue weighted by atomic mass is 14.9. The predicted molar refractivity (Wildman–Crippen MR) is 234 cm³/mol. The lowest BCUT2D eigenvalue weighted by atomic mass is 9.71. The van der Waals surface area contributed by atoms with E-state index in [1.165, 1.54) is 49.7 Å². The van der Waals surface area contributed by atoms with Crippen molar-refractivity contribution in [1.29, 1.82) is 0 Å². The molecule has 0 amide bonds. The number of fused-ring (bicyclic) bond motifs is 7. The molecule has 0 N–H and O–H groups in total. The Balaban J connectivity index is 1.03. The van der Waals surface area contributed by atoms with Gasteiger partial charge in [-0.3, -0.25) is 4.98 Å². The Hall–Kier alpha value is -7.15. The van der Waals surface area contributed by atoms with Gasteiger partial charge in [0.05, 0.1) is 22.5 Å². The fourth-order valence-electron chi connectivity index (χ4n) is 9.19. The van der Waals surface area contributed by atoms with Gasteiger partial charge in [0, 0.05) is 34.2 Å². The molecular weight excluding hydrogens is 691 g/mol. The second-order valence-electron chi connectivity index (χ2n) is 15.3. The van der Waals surface area contributed by atoms with Crippen LogP contribution in [0.2, 0.25) is 0 Å². The van der Waals surface area contributed by atoms with Gasteiger partial charge >= 0.3 is 0 Å². The van der Waals surface area contributed by atoms with Gasteiger partial charge in [0.1, 0.15) is 0 Å². The zero-order chi connectivity index (χ0) is 37.9. The Morgan fingerprint density at radius 3 is 2.12 bits per heavy atom. The van der Waals surface area contributed by atoms with Crippen molar-refractivity contribution in [2.45, 2.75) is 31.6 Å². The molecule has 0 saturated carbocycles. The van der Waals surface area contributed by atoms with Crippen LogP contribution in [0, 0.1) is 12.1 Å². The largest absolute Gasteiger partial charge is 0.256 e. The standard InChI is InChI=1S/C54H37N3/c1-34-42-14-5-6-16-44(42)46-18-9-10-20-48(46)53(34)52-32-51(56-54(57-52)38-28-22-35(23-29-38)41-30-40-13-3-11-21-50(40)55-33-41)37-26-24-36(25-27-37)49-31-39-12-2-4-15-43(39)45-17-7-8-19-47(45)49/h2-7,9-18,20-24,26,28-34,53H,8,19H2,1H3. The van der Waals surface area contributed by atoms with Crippen LogP contribution >= 0.6 is 0 Å². The normalized spacial score (nSPS) is 15.5. The zero-order valence-corrected chi connectivity index (χ0v) is 31.6. The van der Waals surface area contributed by atoms with Gasteiger partial charge in [-0.25, -0.2) is 9.97 Å². The van der Waals surface area contributed by atoms with Gasteiger partial charge in [-0.2, -0.15) is 0 Å². The van der Waals surface area contributed by atoms with E-state index in [0.717, 1.165) is 62.9 Å². The summed E-state index contributed by atoms with van der Waals surface area (Å²) in [5.41, 5.74) is 17.1. The molecule has 268 valence electrons. The maximum atomic E-state index is 5.41. The minimum absolute atomic E-state index is 0.0416. The number of hydrogen-bond acceptors (Lipinski definition) is 3. The molecule has 0 aliphatic heterocycles. The van der Waals surface area contributed by atoms with E-state index in [4.69, 9.17) is 15.0 Å². The summed E-state index contributed by atoms with van der Waals surface area (Å²) in [5.74, 6) is 0.947. The number of benzene rings is 6. The Bertz CT molecular complexity index is 3030. The van der Waals surface area contributed by atoms with Crippen molar-refractivity contribution >= 4 is 27.8 Å². The highest BCUT2D eigenvalue weighted by Gasteiger charge is 2.33. The zero-order valence-electron chi connectivity index (χ0n) is 31.6. The highest BCUT2D eigenvalue weighted by molar-refractivity contribution is 5.97. The fourth-order valence-corrected chi connectivity index (χ4v) is 9.19. The molecule has 2 aliphatic rings. The molecule has 11 rings (SSSR count). The lowest BCUT2D eigenvalue weighted by Crippen LogP contribution is -2.18. The molecule has 2 aromatic heterocycles. The Kier molecular flexibility index (Phi) is 7.90. The maximum Gasteiger partial charge on any atom is 0.160 e. The second kappa shape index (κ2) is 13.6. The molecule has 2 aliphatic carbocycles. The van der Waals surface area contributed by atoms with Crippen LogP contribution in [-0.4, -0.2) is 15.0 Å². The van der Waals surface area contributed by atoms with Gasteiger partial charge in [0.15, 0.2) is 5.82 Å². The number of para-hydroxylation sites is 1. The lowest BCUT2D eigenvalue weighted by Gasteiger charge is -2.33. The van der Waals surface area contributed by atoms with Crippen LogP contribution in [0.1, 0.15) is 53.1 Å². The maximum absolute atomic E-state index is 5.41. The highest BCUT2D eigenvalue weighted by Crippen LogP contribution is 2.49. The van der Waals surface area contributed by atoms with Crippen molar-refractivity contribution in [2.75, 3.05) is 0 Å². The van der Waals surface area contributed by atoms with Crippen LogP contribution < -0.4 is 0 Å². The Labute approximate surface area is 333 Å². The van der Waals surface area contributed by atoms with Crippen LogP contribution in [0.3, 0.4) is 0 Å². The third-order valence-electron chi connectivity index (χ3n) is 12.0. The van der Waals surface area contributed by atoms with Crippen LogP contribution in [0.15, 0.2) is 164 Å². The van der Waals surface area contributed by atoms with Crippen molar-refractivity contribution in [3.05, 3.63) is 204 Å². The summed E-state index contributed by atoms with van der Waals surface area (Å²) >= 11 is 0. The third-order valence-corrected chi connectivity index (χ3v) is 12.0. The minimum Gasteiger partial charge on any atom is -0.256 e. The molecule has 3 heteroatoms. The van der Waals surface area contributed by atoms with E-state index in [1.54, 1.807) is 0 Å². The van der Waals surface area contributed by atoms with E-state index >= 15 is 0 Å². The van der Waals surface area contributed by atoms with Crippen molar-refractivity contribution < 1.29 is 0 Å². The van der Waals surface area contributed by atoms with Crippen molar-refractivity contribution in [3.63, 3.8) is 0 Å². The first-order valence-corrected chi connectivity index (χ1v) is 19.8. The van der Waals surface area contributed by atoms with E-state index < -0.39 is 0 Å². The van der Waals surface area contributed by atoms with Gasteiger partial charge in [-0.05, 0) is 110 Å². The van der Waals surface area contributed by atoms with Crippen molar-refractivity contribution in [1.82, 2.24) is 15.0 Å². The summed E-state index contributed by atoms with van der Waals surface area (Å²) in [4.78, 5) is 15.4. The second-order valence-corrected chi connectivity index (χ2v) is 15.3. The van der Waals surface area contributed by atoms with E-state index in [9.17, 15) is 0 Å². The van der Waals surface area contributed by atoms with Crippen molar-refractivity contribution in [3.8, 4) is 56.0 Å². The number of nitrogens with zero attached hydrogens (tertiary/aromatic N) is 3. The first kappa shape index (κ1) is 33.2. The quantitative estimate of drug-likeness (QED) is 0.177. The lowest BCUT2D eigenvalue weighted by molar-refractivity contribution is 0.633. The van der Waals surface area contributed by atoms with Crippen LogP contribution in [-0.2, 0) is 6.42 Å². The van der Waals surface area contributed by atoms with Gasteiger partial charge in [0.2, 0.25) is 0 Å². The molecule has 9 aromatic rings. The summed E-state index contributed by atoms with van der Waals surface area (Å²) in [6.45, 7) is 2.33. The van der Waals surface area contributed by atoms with E-state index in [-0.39, 0.29) is 11.8 Å². The van der Waals surface area contributed by atoms with E-state index in [2.05, 4.69) is 171 Å². The van der Waals surface area contributed by atoms with Gasteiger partial charge in [-0.15, -0.1) is 0 Å². The van der Waals surface area contributed by atoms with Crippen LogP contribution in [0.5, 0.6) is 0 Å². The van der Waals surface area contributed by atoms with Crippen LogP contribution in [0.4, 0.5) is 0 Å². The number of aromatic nitrogens is 3. The summed E-state index contributed by atoms with van der Waals surface area (Å²) in [6, 6.07) is 61.3. The fraction of sp³-hybridized carbons (Fsp3) is 0.0926. The first-order chi connectivity index (χ1) is 28.2. The molecule has 57 heavy (non-hydrogen) atoms. The molecule has 0 bridgehead atoms. The average Bonchev–Trinajstić information content (AvgIpc) is 3.29. The molecule has 0 spiro atoms. The third kappa shape index (κ3) is 5.73. The van der Waals surface area contributed by atoms with E-state index in [0.29, 0.717) is 5.82 Å². The Morgan fingerprint density at radius 2 is 1.28 bits per heavy atom. The molecule has 2 unspecified atom stereocenters. The molecular formula is C54H37N3. The SMILES string of the molecule is CC1c2ccccc2-c2ccccc2C1c1cc(-c2c#cc(-c3cc4ccccc4c4c3CCC=C4)cc2)nc(-c2ccc(-c3cnc4ccccc4c3)cc2)n1. The van der Waals surface area contributed by atoms with Crippen LogP contribution in [0.25, 0.3) is 83.8 Å². The molecule has 0 fully saturated rings. The number of allylic oxidation sites excluding steroid dienone is 1. The molecule has 2 heterocycles.